The van der Waals surface area contributed by atoms with Gasteiger partial charge in [-0.05, 0) is 10.4 Å². The monoisotopic (exact) mass is 110 g/mol. The zero-order valence-corrected chi connectivity index (χ0v) is 4.36. The van der Waals surface area contributed by atoms with E-state index in [1.165, 1.54) is 12.4 Å². The highest BCUT2D eigenvalue weighted by molar-refractivity contribution is 4.58. The third kappa shape index (κ3) is 4.68. The molecule has 0 unspecified atom stereocenters. The molecular formula is C4H6N4. The number of hydrogen-bond donors (Lipinski definition) is 0. The van der Waals surface area contributed by atoms with E-state index in [2.05, 4.69) is 33.8 Å². The van der Waals surface area contributed by atoms with E-state index in [1.807, 2.05) is 0 Å². The predicted octanol–water partition coefficient (Wildman–Crippen LogP) is 2.09. The summed E-state index contributed by atoms with van der Waals surface area (Å²) in [5, 5.41) is 12.9. The minimum Gasteiger partial charge on any atom is -0.138 e. The van der Waals surface area contributed by atoms with Crippen LogP contribution in [0, 0.1) is 0 Å². The summed E-state index contributed by atoms with van der Waals surface area (Å²) in [5.74, 6) is 0. The van der Waals surface area contributed by atoms with Crippen LogP contribution < -0.4 is 0 Å². The lowest BCUT2D eigenvalue weighted by Crippen LogP contribution is -1.43. The lowest BCUT2D eigenvalue weighted by Gasteiger charge is -1.65. The molecule has 0 saturated heterocycles. The third-order valence-corrected chi connectivity index (χ3v) is 0.307. The van der Waals surface area contributed by atoms with Crippen LogP contribution in [0.3, 0.4) is 0 Å². The van der Waals surface area contributed by atoms with Crippen molar-refractivity contribution in [3.63, 3.8) is 0 Å². The van der Waals surface area contributed by atoms with Crippen molar-refractivity contribution in [1.82, 2.24) is 0 Å². The fourth-order valence-corrected chi connectivity index (χ4v) is 0.119. The van der Waals surface area contributed by atoms with Crippen LogP contribution in [0.1, 0.15) is 0 Å². The molecule has 0 radical (unpaired) electrons. The molecule has 4 nitrogen and oxygen atoms in total. The van der Waals surface area contributed by atoms with Crippen molar-refractivity contribution in [3.05, 3.63) is 25.6 Å². The first-order chi connectivity index (χ1) is 3.91. The van der Waals surface area contributed by atoms with Gasteiger partial charge in [0, 0.05) is 12.4 Å². The fourth-order valence-electron chi connectivity index (χ4n) is 0.119. The average molecular weight is 110 g/mol. The average Bonchev–Trinajstić information content (AvgIpc) is 1.81. The van der Waals surface area contributed by atoms with E-state index in [-0.39, 0.29) is 0 Å². The van der Waals surface area contributed by atoms with E-state index in [1.54, 1.807) is 0 Å². The molecule has 0 rings (SSSR count). The highest BCUT2D eigenvalue weighted by Crippen LogP contribution is 1.78. The topological polar surface area (TPSA) is 49.4 Å². The SMILES string of the molecule is C=C/N=N\N=N/C=C. The Labute approximate surface area is 47.3 Å². The predicted molar refractivity (Wildman–Crippen MR) is 30.1 cm³/mol. The molecule has 4 heteroatoms. The summed E-state index contributed by atoms with van der Waals surface area (Å²) < 4.78 is 0. The van der Waals surface area contributed by atoms with Crippen molar-refractivity contribution in [2.75, 3.05) is 0 Å². The second kappa shape index (κ2) is 5.68. The highest BCUT2D eigenvalue weighted by Gasteiger charge is 1.56. The van der Waals surface area contributed by atoms with Crippen LogP contribution in [0.25, 0.3) is 0 Å². The zero-order chi connectivity index (χ0) is 6.24. The summed E-state index contributed by atoms with van der Waals surface area (Å²) in [6, 6.07) is 0. The molecule has 0 saturated carbocycles. The summed E-state index contributed by atoms with van der Waals surface area (Å²) in [5.41, 5.74) is 0. The van der Waals surface area contributed by atoms with Crippen molar-refractivity contribution in [2.45, 2.75) is 0 Å². The Morgan fingerprint density at radius 2 is 1.25 bits per heavy atom. The van der Waals surface area contributed by atoms with Gasteiger partial charge in [0.05, 0.1) is 0 Å². The number of rotatable bonds is 3. The van der Waals surface area contributed by atoms with Crippen LogP contribution in [-0.4, -0.2) is 0 Å². The molecule has 0 bridgehead atoms. The molecule has 0 aliphatic carbocycles. The van der Waals surface area contributed by atoms with Crippen molar-refractivity contribution in [3.8, 4) is 0 Å². The summed E-state index contributed by atoms with van der Waals surface area (Å²) in [6.45, 7) is 6.54. The van der Waals surface area contributed by atoms with Gasteiger partial charge in [0.1, 0.15) is 0 Å². The Hall–Kier alpha value is -1.32. The Bertz CT molecular complexity index is 108. The van der Waals surface area contributed by atoms with Gasteiger partial charge in [-0.2, -0.15) is 0 Å². The lowest BCUT2D eigenvalue weighted by molar-refractivity contribution is 0.954. The van der Waals surface area contributed by atoms with Crippen LogP contribution in [-0.2, 0) is 0 Å². The molecule has 0 fully saturated rings. The van der Waals surface area contributed by atoms with Crippen LogP contribution >= 0.6 is 0 Å². The van der Waals surface area contributed by atoms with Gasteiger partial charge in [-0.25, -0.2) is 0 Å². The van der Waals surface area contributed by atoms with E-state index in [0.29, 0.717) is 0 Å². The van der Waals surface area contributed by atoms with Gasteiger partial charge < -0.3 is 0 Å². The molecule has 0 atom stereocenters. The molecule has 0 aromatic heterocycles. The van der Waals surface area contributed by atoms with Gasteiger partial charge >= 0.3 is 0 Å². The van der Waals surface area contributed by atoms with E-state index >= 15 is 0 Å². The smallest absolute Gasteiger partial charge is 0.0442 e. The Morgan fingerprint density at radius 3 is 1.50 bits per heavy atom. The molecule has 0 spiro atoms. The Kier molecular flexibility index (Phi) is 4.74. The van der Waals surface area contributed by atoms with Crippen LogP contribution in [0.4, 0.5) is 0 Å². The molecule has 0 aliphatic rings. The molecule has 0 aromatic carbocycles. The van der Waals surface area contributed by atoms with Crippen molar-refractivity contribution < 1.29 is 0 Å². The summed E-state index contributed by atoms with van der Waals surface area (Å²) in [4.78, 5) is 0. The van der Waals surface area contributed by atoms with E-state index in [0.717, 1.165) is 0 Å². The first kappa shape index (κ1) is 6.68. The minimum atomic E-state index is 1.27. The maximum absolute atomic E-state index is 3.29. The van der Waals surface area contributed by atoms with E-state index in [9.17, 15) is 0 Å². The number of hydrogen-bond acceptors (Lipinski definition) is 2. The van der Waals surface area contributed by atoms with E-state index < -0.39 is 0 Å². The number of nitrogens with zero attached hydrogens (tertiary/aromatic N) is 4. The summed E-state index contributed by atoms with van der Waals surface area (Å²) in [6.07, 6.45) is 2.53. The molecule has 0 aliphatic heterocycles. The second-order valence-electron chi connectivity index (χ2n) is 0.775. The van der Waals surface area contributed by atoms with Crippen molar-refractivity contribution in [2.24, 2.45) is 20.7 Å². The maximum Gasteiger partial charge on any atom is 0.0442 e. The third-order valence-electron chi connectivity index (χ3n) is 0.307. The molecule has 0 heterocycles. The van der Waals surface area contributed by atoms with Crippen LogP contribution in [0.5, 0.6) is 0 Å². The minimum absolute atomic E-state index is 1.27. The molecule has 0 amide bonds. The zero-order valence-electron chi connectivity index (χ0n) is 4.36. The molecule has 42 valence electrons. The molecule has 0 aromatic rings. The highest BCUT2D eigenvalue weighted by atomic mass is 15.4. The summed E-state index contributed by atoms with van der Waals surface area (Å²) in [7, 11) is 0. The van der Waals surface area contributed by atoms with Crippen LogP contribution in [0.15, 0.2) is 46.2 Å². The largest absolute Gasteiger partial charge is 0.138 e. The second-order valence-corrected chi connectivity index (χ2v) is 0.775. The Morgan fingerprint density at radius 1 is 0.875 bits per heavy atom. The molecule has 0 N–H and O–H groups in total. The Balaban J connectivity index is 3.41. The fraction of sp³-hybridized carbons (Fsp3) is 0. The van der Waals surface area contributed by atoms with E-state index in [4.69, 9.17) is 0 Å². The van der Waals surface area contributed by atoms with Gasteiger partial charge in [-0.3, -0.25) is 0 Å². The molecule has 8 heavy (non-hydrogen) atoms. The first-order valence-corrected chi connectivity index (χ1v) is 1.93. The van der Waals surface area contributed by atoms with Gasteiger partial charge in [-0.15, -0.1) is 10.2 Å². The quantitative estimate of drug-likeness (QED) is 0.394. The van der Waals surface area contributed by atoms with Gasteiger partial charge in [0.25, 0.3) is 0 Å². The lowest BCUT2D eigenvalue weighted by atomic mass is 11.1. The van der Waals surface area contributed by atoms with Gasteiger partial charge in [0.15, 0.2) is 0 Å². The van der Waals surface area contributed by atoms with Crippen molar-refractivity contribution in [1.29, 1.82) is 0 Å². The van der Waals surface area contributed by atoms with Gasteiger partial charge in [-0.1, -0.05) is 13.2 Å². The van der Waals surface area contributed by atoms with Gasteiger partial charge in [0.2, 0.25) is 0 Å². The first-order valence-electron chi connectivity index (χ1n) is 1.93. The summed E-state index contributed by atoms with van der Waals surface area (Å²) >= 11 is 0. The van der Waals surface area contributed by atoms with Crippen molar-refractivity contribution >= 4 is 0 Å². The maximum atomic E-state index is 3.29. The standard InChI is InChI=1S/C4H6N4/c1-3-5-7-8-6-4-2/h3-4H,1-2H2/b7-5-,8-6-. The normalized spacial score (nSPS) is 10.5. The molecular weight excluding hydrogens is 104 g/mol. The van der Waals surface area contributed by atoms with Crippen LogP contribution in [0.2, 0.25) is 0 Å².